The summed E-state index contributed by atoms with van der Waals surface area (Å²) >= 11 is 3.43. The van der Waals surface area contributed by atoms with Gasteiger partial charge >= 0.3 is 0 Å². The van der Waals surface area contributed by atoms with E-state index in [1.54, 1.807) is 0 Å². The summed E-state index contributed by atoms with van der Waals surface area (Å²) in [5.74, 6) is 0.755. The Morgan fingerprint density at radius 2 is 2.30 bits per heavy atom. The molecule has 3 atom stereocenters. The monoisotopic (exact) mass is 341 g/mol. The van der Waals surface area contributed by atoms with Crippen LogP contribution in [0.4, 0.5) is 5.69 Å². The molecule has 3 unspecified atom stereocenters. The highest BCUT2D eigenvalue weighted by atomic mass is 79.9. The van der Waals surface area contributed by atoms with Gasteiger partial charge in [0.15, 0.2) is 0 Å². The number of nitrogens with one attached hydrogen (secondary N) is 1. The molecule has 0 aliphatic heterocycles. The molecule has 3 nitrogen and oxygen atoms in total. The zero-order valence-corrected chi connectivity index (χ0v) is 13.6. The first-order chi connectivity index (χ1) is 9.63. The Hall–Kier alpha value is -0.580. The van der Waals surface area contributed by atoms with Crippen molar-refractivity contribution in [2.75, 3.05) is 18.5 Å². The van der Waals surface area contributed by atoms with E-state index in [-0.39, 0.29) is 0 Å². The van der Waals surface area contributed by atoms with Crippen molar-refractivity contribution in [3.63, 3.8) is 0 Å². The van der Waals surface area contributed by atoms with Gasteiger partial charge in [-0.25, -0.2) is 0 Å². The standard InChI is InChI=1S/C16H24BrNO2/c1-12-4-2-7-16(8-12)20-11-15(19)10-18-14-6-3-5-13(17)9-14/h3,5-6,9,12,15-16,18-19H,2,4,7-8,10-11H2,1H3. The topological polar surface area (TPSA) is 41.5 Å². The third-order valence-electron chi connectivity index (χ3n) is 3.78. The summed E-state index contributed by atoms with van der Waals surface area (Å²) in [4.78, 5) is 0. The lowest BCUT2D eigenvalue weighted by Crippen LogP contribution is -2.30. The van der Waals surface area contributed by atoms with Crippen molar-refractivity contribution in [3.05, 3.63) is 28.7 Å². The van der Waals surface area contributed by atoms with E-state index in [9.17, 15) is 5.11 Å². The average molecular weight is 342 g/mol. The molecule has 0 aromatic heterocycles. The number of ether oxygens (including phenoxy) is 1. The van der Waals surface area contributed by atoms with Crippen molar-refractivity contribution >= 4 is 21.6 Å². The van der Waals surface area contributed by atoms with Gasteiger partial charge in [-0.2, -0.15) is 0 Å². The molecule has 2 N–H and O–H groups in total. The van der Waals surface area contributed by atoms with Crippen molar-refractivity contribution in [2.24, 2.45) is 5.92 Å². The fourth-order valence-corrected chi connectivity index (χ4v) is 3.07. The van der Waals surface area contributed by atoms with E-state index < -0.39 is 6.10 Å². The molecule has 0 radical (unpaired) electrons. The Morgan fingerprint density at radius 3 is 3.05 bits per heavy atom. The fourth-order valence-electron chi connectivity index (χ4n) is 2.67. The Kier molecular flexibility index (Phi) is 6.33. The Bertz CT molecular complexity index is 413. The molecule has 0 bridgehead atoms. The first-order valence-corrected chi connectivity index (χ1v) is 8.22. The lowest BCUT2D eigenvalue weighted by Gasteiger charge is -2.27. The maximum atomic E-state index is 9.98. The van der Waals surface area contributed by atoms with Gasteiger partial charge in [0.1, 0.15) is 0 Å². The number of anilines is 1. The van der Waals surface area contributed by atoms with Crippen LogP contribution in [0.15, 0.2) is 28.7 Å². The van der Waals surface area contributed by atoms with Crippen LogP contribution in [-0.4, -0.2) is 30.5 Å². The minimum absolute atomic E-state index is 0.333. The molecule has 0 amide bonds. The van der Waals surface area contributed by atoms with Crippen LogP contribution in [0.2, 0.25) is 0 Å². The maximum Gasteiger partial charge on any atom is 0.0945 e. The number of hydrogen-bond donors (Lipinski definition) is 2. The summed E-state index contributed by atoms with van der Waals surface area (Å²) in [6.07, 6.45) is 4.69. The van der Waals surface area contributed by atoms with Crippen molar-refractivity contribution in [3.8, 4) is 0 Å². The molecule has 112 valence electrons. The number of halogens is 1. The molecule has 1 aromatic carbocycles. The first kappa shape index (κ1) is 15.8. The molecule has 0 spiro atoms. The second-order valence-corrected chi connectivity index (χ2v) is 6.69. The molecule has 20 heavy (non-hydrogen) atoms. The number of hydrogen-bond acceptors (Lipinski definition) is 3. The Morgan fingerprint density at radius 1 is 1.45 bits per heavy atom. The SMILES string of the molecule is CC1CCCC(OCC(O)CNc2cccc(Br)c2)C1. The molecule has 0 heterocycles. The molecular formula is C16H24BrNO2. The maximum absolute atomic E-state index is 9.98. The molecular weight excluding hydrogens is 318 g/mol. The van der Waals surface area contributed by atoms with Gasteiger partial charge in [-0.1, -0.05) is 41.8 Å². The number of aliphatic hydroxyl groups excluding tert-OH is 1. The van der Waals surface area contributed by atoms with Gasteiger partial charge in [-0.05, 0) is 37.0 Å². The smallest absolute Gasteiger partial charge is 0.0945 e. The van der Waals surface area contributed by atoms with E-state index in [2.05, 4.69) is 28.2 Å². The summed E-state index contributed by atoms with van der Waals surface area (Å²) < 4.78 is 6.86. The minimum atomic E-state index is -0.466. The van der Waals surface area contributed by atoms with E-state index in [0.29, 0.717) is 19.3 Å². The van der Waals surface area contributed by atoms with Gasteiger partial charge in [-0.15, -0.1) is 0 Å². The van der Waals surface area contributed by atoms with Crippen LogP contribution in [0.25, 0.3) is 0 Å². The minimum Gasteiger partial charge on any atom is -0.389 e. The zero-order chi connectivity index (χ0) is 14.4. The summed E-state index contributed by atoms with van der Waals surface area (Å²) in [5, 5.41) is 13.2. The molecule has 1 aromatic rings. The summed E-state index contributed by atoms with van der Waals surface area (Å²) in [6, 6.07) is 7.94. The number of benzene rings is 1. The lowest BCUT2D eigenvalue weighted by atomic mass is 9.89. The van der Waals surface area contributed by atoms with Crippen molar-refractivity contribution < 1.29 is 9.84 Å². The summed E-state index contributed by atoms with van der Waals surface area (Å²) in [5.41, 5.74) is 1.00. The molecule has 1 aliphatic carbocycles. The van der Waals surface area contributed by atoms with Gasteiger partial charge in [0.05, 0.1) is 18.8 Å². The lowest BCUT2D eigenvalue weighted by molar-refractivity contribution is -0.0274. The highest BCUT2D eigenvalue weighted by Crippen LogP contribution is 2.25. The highest BCUT2D eigenvalue weighted by Gasteiger charge is 2.20. The quantitative estimate of drug-likeness (QED) is 0.826. The van der Waals surface area contributed by atoms with Crippen molar-refractivity contribution in [1.29, 1.82) is 0 Å². The Balaban J connectivity index is 1.66. The number of aliphatic hydroxyl groups is 1. The third-order valence-corrected chi connectivity index (χ3v) is 4.27. The van der Waals surface area contributed by atoms with Gasteiger partial charge < -0.3 is 15.2 Å². The van der Waals surface area contributed by atoms with Crippen molar-refractivity contribution in [2.45, 2.75) is 44.8 Å². The van der Waals surface area contributed by atoms with E-state index in [0.717, 1.165) is 28.9 Å². The second-order valence-electron chi connectivity index (χ2n) is 5.77. The average Bonchev–Trinajstić information content (AvgIpc) is 2.43. The van der Waals surface area contributed by atoms with Gasteiger partial charge in [-0.3, -0.25) is 0 Å². The van der Waals surface area contributed by atoms with Crippen LogP contribution < -0.4 is 5.32 Å². The van der Waals surface area contributed by atoms with Crippen LogP contribution in [-0.2, 0) is 4.74 Å². The summed E-state index contributed by atoms with van der Waals surface area (Å²) in [6.45, 7) is 3.21. The highest BCUT2D eigenvalue weighted by molar-refractivity contribution is 9.10. The van der Waals surface area contributed by atoms with E-state index in [1.807, 2.05) is 24.3 Å². The fraction of sp³-hybridized carbons (Fsp3) is 0.625. The van der Waals surface area contributed by atoms with Crippen LogP contribution in [0, 0.1) is 5.92 Å². The molecule has 1 fully saturated rings. The van der Waals surface area contributed by atoms with Gasteiger partial charge in [0.2, 0.25) is 0 Å². The third kappa shape index (κ3) is 5.43. The van der Waals surface area contributed by atoms with Gasteiger partial charge in [0.25, 0.3) is 0 Å². The van der Waals surface area contributed by atoms with Crippen molar-refractivity contribution in [1.82, 2.24) is 0 Å². The first-order valence-electron chi connectivity index (χ1n) is 7.42. The van der Waals surface area contributed by atoms with Gasteiger partial charge in [0, 0.05) is 16.7 Å². The molecule has 4 heteroatoms. The van der Waals surface area contributed by atoms with Crippen LogP contribution >= 0.6 is 15.9 Å². The van der Waals surface area contributed by atoms with E-state index in [4.69, 9.17) is 4.74 Å². The molecule has 1 saturated carbocycles. The molecule has 1 aliphatic rings. The van der Waals surface area contributed by atoms with E-state index >= 15 is 0 Å². The van der Waals surface area contributed by atoms with Crippen LogP contribution in [0.3, 0.4) is 0 Å². The predicted molar refractivity (Wildman–Crippen MR) is 86.0 cm³/mol. The number of rotatable bonds is 6. The van der Waals surface area contributed by atoms with Crippen LogP contribution in [0.5, 0.6) is 0 Å². The Labute approximate surface area is 129 Å². The summed E-state index contributed by atoms with van der Waals surface area (Å²) in [7, 11) is 0. The molecule has 0 saturated heterocycles. The van der Waals surface area contributed by atoms with E-state index in [1.165, 1.54) is 12.8 Å². The largest absolute Gasteiger partial charge is 0.389 e. The van der Waals surface area contributed by atoms with Crippen LogP contribution in [0.1, 0.15) is 32.6 Å². The normalized spacial score (nSPS) is 24.4. The second kappa shape index (κ2) is 8.01. The zero-order valence-electron chi connectivity index (χ0n) is 12.0. The predicted octanol–water partition coefficient (Wildman–Crippen LogP) is 3.82. The molecule has 2 rings (SSSR count).